The lowest BCUT2D eigenvalue weighted by Crippen LogP contribution is -2.32. The van der Waals surface area contributed by atoms with Crippen molar-refractivity contribution in [3.05, 3.63) is 28.8 Å². The van der Waals surface area contributed by atoms with Gasteiger partial charge in [0.05, 0.1) is 13.2 Å². The Kier molecular flexibility index (Phi) is 5.83. The zero-order valence-electron chi connectivity index (χ0n) is 12.9. The summed E-state index contributed by atoms with van der Waals surface area (Å²) in [5.74, 6) is 1.27. The van der Waals surface area contributed by atoms with Crippen LogP contribution in [-0.2, 0) is 0 Å². The van der Waals surface area contributed by atoms with Crippen LogP contribution in [0.4, 0.5) is 0 Å². The fourth-order valence-corrected chi connectivity index (χ4v) is 2.37. The molecular weight excluding hydrogens is 238 g/mol. The molecule has 3 nitrogen and oxygen atoms in total. The molecule has 1 aromatic carbocycles. The van der Waals surface area contributed by atoms with Gasteiger partial charge in [-0.1, -0.05) is 20.8 Å². The van der Waals surface area contributed by atoms with Crippen LogP contribution in [0.1, 0.15) is 56.4 Å². The molecule has 19 heavy (non-hydrogen) atoms. The molecule has 108 valence electrons. The van der Waals surface area contributed by atoms with Crippen LogP contribution in [0.5, 0.6) is 5.75 Å². The third-order valence-corrected chi connectivity index (χ3v) is 3.56. The molecule has 0 aromatic heterocycles. The van der Waals surface area contributed by atoms with Gasteiger partial charge in [-0.25, -0.2) is 0 Å². The number of ether oxygens (including phenoxy) is 1. The normalized spacial score (nSPS) is 14.5. The summed E-state index contributed by atoms with van der Waals surface area (Å²) in [5, 5.41) is 13.7. The molecule has 0 radical (unpaired) electrons. The molecule has 3 heteroatoms. The van der Waals surface area contributed by atoms with Crippen molar-refractivity contribution in [2.45, 2.75) is 52.7 Å². The largest absolute Gasteiger partial charge is 0.496 e. The molecule has 2 atom stereocenters. The molecule has 0 aliphatic carbocycles. The summed E-state index contributed by atoms with van der Waals surface area (Å²) in [5.41, 5.74) is 3.20. The Morgan fingerprint density at radius 1 is 1.21 bits per heavy atom. The molecule has 0 aliphatic heterocycles. The van der Waals surface area contributed by atoms with Crippen molar-refractivity contribution in [3.63, 3.8) is 0 Å². The molecule has 0 amide bonds. The van der Waals surface area contributed by atoms with Crippen LogP contribution in [0.3, 0.4) is 0 Å². The fraction of sp³-hybridized carbons (Fsp3) is 0.625. The quantitative estimate of drug-likeness (QED) is 0.830. The van der Waals surface area contributed by atoms with Gasteiger partial charge in [-0.05, 0) is 55.1 Å². The number of likely N-dealkylation sites (N-methyl/N-ethyl adjacent to an activating group) is 1. The number of benzene rings is 1. The maximum absolute atomic E-state index is 10.5. The highest BCUT2D eigenvalue weighted by Gasteiger charge is 2.20. The summed E-state index contributed by atoms with van der Waals surface area (Å²) in [4.78, 5) is 0. The minimum Gasteiger partial charge on any atom is -0.496 e. The Morgan fingerprint density at radius 3 is 2.32 bits per heavy atom. The minimum atomic E-state index is -0.497. The molecule has 2 unspecified atom stereocenters. The Bertz CT molecular complexity index is 415. The number of aliphatic hydroxyl groups excluding tert-OH is 1. The lowest BCUT2D eigenvalue weighted by molar-refractivity contribution is 0.136. The van der Waals surface area contributed by atoms with Crippen molar-refractivity contribution >= 4 is 0 Å². The Balaban J connectivity index is 3.17. The first kappa shape index (κ1) is 16.0. The lowest BCUT2D eigenvalue weighted by atomic mass is 9.92. The summed E-state index contributed by atoms with van der Waals surface area (Å²) in [6.45, 7) is 11.2. The lowest BCUT2D eigenvalue weighted by Gasteiger charge is -2.24. The number of nitrogens with one attached hydrogen (secondary N) is 1. The Morgan fingerprint density at radius 2 is 1.84 bits per heavy atom. The maximum atomic E-state index is 10.5. The molecule has 0 spiro atoms. The van der Waals surface area contributed by atoms with Crippen molar-refractivity contribution in [3.8, 4) is 5.75 Å². The molecule has 0 aliphatic rings. The zero-order chi connectivity index (χ0) is 14.6. The maximum Gasteiger partial charge on any atom is 0.122 e. The molecule has 2 N–H and O–H groups in total. The molecule has 1 aromatic rings. The van der Waals surface area contributed by atoms with Crippen LogP contribution in [0.15, 0.2) is 12.1 Å². The van der Waals surface area contributed by atoms with Crippen LogP contribution >= 0.6 is 0 Å². The standard InChI is InChI=1S/C16H27NO2/c1-7-17-12(5)16(18)14-9-13(10(2)3)15(19-6)8-11(14)4/h8-10,12,16-18H,7H2,1-6H3. The molecular formula is C16H27NO2. The van der Waals surface area contributed by atoms with Crippen LogP contribution in [0, 0.1) is 6.92 Å². The number of methoxy groups -OCH3 is 1. The number of hydrogen-bond donors (Lipinski definition) is 2. The number of aryl methyl sites for hydroxylation is 1. The van der Waals surface area contributed by atoms with E-state index in [0.29, 0.717) is 5.92 Å². The van der Waals surface area contributed by atoms with E-state index in [1.165, 1.54) is 0 Å². The van der Waals surface area contributed by atoms with Gasteiger partial charge in [-0.3, -0.25) is 0 Å². The zero-order valence-corrected chi connectivity index (χ0v) is 12.9. The smallest absolute Gasteiger partial charge is 0.122 e. The van der Waals surface area contributed by atoms with E-state index in [4.69, 9.17) is 4.74 Å². The van der Waals surface area contributed by atoms with Crippen LogP contribution < -0.4 is 10.1 Å². The second-order valence-corrected chi connectivity index (χ2v) is 5.40. The van der Waals surface area contributed by atoms with E-state index < -0.39 is 6.10 Å². The first-order valence-corrected chi connectivity index (χ1v) is 7.02. The van der Waals surface area contributed by atoms with Crippen molar-refractivity contribution < 1.29 is 9.84 Å². The summed E-state index contributed by atoms with van der Waals surface area (Å²) in [6, 6.07) is 4.14. The van der Waals surface area contributed by atoms with Gasteiger partial charge in [0.1, 0.15) is 5.75 Å². The van der Waals surface area contributed by atoms with Gasteiger partial charge in [-0.15, -0.1) is 0 Å². The first-order chi connectivity index (χ1) is 8.92. The highest BCUT2D eigenvalue weighted by atomic mass is 16.5. The molecule has 0 saturated heterocycles. The van der Waals surface area contributed by atoms with Gasteiger partial charge < -0.3 is 15.2 Å². The second-order valence-electron chi connectivity index (χ2n) is 5.40. The number of aliphatic hydroxyl groups is 1. The van der Waals surface area contributed by atoms with E-state index in [1.54, 1.807) is 7.11 Å². The molecule has 1 rings (SSSR count). The van der Waals surface area contributed by atoms with E-state index in [9.17, 15) is 5.11 Å². The third-order valence-electron chi connectivity index (χ3n) is 3.56. The average molecular weight is 265 g/mol. The van der Waals surface area contributed by atoms with Crippen LogP contribution in [0.2, 0.25) is 0 Å². The van der Waals surface area contributed by atoms with Crippen molar-refractivity contribution in [2.75, 3.05) is 13.7 Å². The van der Waals surface area contributed by atoms with Gasteiger partial charge in [0.15, 0.2) is 0 Å². The predicted octanol–water partition coefficient (Wildman–Crippen LogP) is 3.16. The Labute approximate surface area is 117 Å². The van der Waals surface area contributed by atoms with Crippen molar-refractivity contribution in [2.24, 2.45) is 0 Å². The van der Waals surface area contributed by atoms with E-state index in [-0.39, 0.29) is 6.04 Å². The number of rotatable bonds is 6. The molecule has 0 heterocycles. The molecule has 0 fully saturated rings. The molecule has 0 saturated carbocycles. The SMILES string of the molecule is CCNC(C)C(O)c1cc(C(C)C)c(OC)cc1C. The fourth-order valence-electron chi connectivity index (χ4n) is 2.37. The van der Waals surface area contributed by atoms with Gasteiger partial charge >= 0.3 is 0 Å². The predicted molar refractivity (Wildman–Crippen MR) is 79.9 cm³/mol. The third kappa shape index (κ3) is 3.71. The van der Waals surface area contributed by atoms with Gasteiger partial charge in [0.2, 0.25) is 0 Å². The van der Waals surface area contributed by atoms with E-state index in [1.807, 2.05) is 26.8 Å². The highest BCUT2D eigenvalue weighted by Crippen LogP contribution is 2.32. The van der Waals surface area contributed by atoms with E-state index in [0.717, 1.165) is 29.0 Å². The summed E-state index contributed by atoms with van der Waals surface area (Å²) in [7, 11) is 1.69. The second kappa shape index (κ2) is 6.92. The van der Waals surface area contributed by atoms with Gasteiger partial charge in [0.25, 0.3) is 0 Å². The minimum absolute atomic E-state index is 0.0390. The van der Waals surface area contributed by atoms with Crippen LogP contribution in [0.25, 0.3) is 0 Å². The number of hydrogen-bond acceptors (Lipinski definition) is 3. The van der Waals surface area contributed by atoms with E-state index in [2.05, 4.69) is 25.2 Å². The summed E-state index contributed by atoms with van der Waals surface area (Å²) < 4.78 is 5.43. The van der Waals surface area contributed by atoms with Crippen molar-refractivity contribution in [1.29, 1.82) is 0 Å². The van der Waals surface area contributed by atoms with Gasteiger partial charge in [-0.2, -0.15) is 0 Å². The topological polar surface area (TPSA) is 41.5 Å². The van der Waals surface area contributed by atoms with Crippen LogP contribution in [-0.4, -0.2) is 24.8 Å². The Hall–Kier alpha value is -1.06. The van der Waals surface area contributed by atoms with Crippen molar-refractivity contribution in [1.82, 2.24) is 5.32 Å². The monoisotopic (exact) mass is 265 g/mol. The summed E-state index contributed by atoms with van der Waals surface area (Å²) in [6.07, 6.45) is -0.497. The highest BCUT2D eigenvalue weighted by molar-refractivity contribution is 5.45. The molecule has 0 bridgehead atoms. The average Bonchev–Trinajstić information content (AvgIpc) is 2.37. The van der Waals surface area contributed by atoms with Gasteiger partial charge in [0, 0.05) is 6.04 Å². The van der Waals surface area contributed by atoms with E-state index >= 15 is 0 Å². The summed E-state index contributed by atoms with van der Waals surface area (Å²) >= 11 is 0. The first-order valence-electron chi connectivity index (χ1n) is 7.02.